The Bertz CT molecular complexity index is 714. The van der Waals surface area contributed by atoms with Crippen molar-refractivity contribution in [2.24, 2.45) is 40.4 Å². The smallest absolute Gasteiger partial charge is 0.137 e. The predicted octanol–water partition coefficient (Wildman–Crippen LogP) is 6.49. The van der Waals surface area contributed by atoms with E-state index in [1.54, 1.807) is 0 Å². The number of carbonyl (C=O) groups excluding carboxylic acids is 1. The van der Waals surface area contributed by atoms with Gasteiger partial charge in [-0.3, -0.25) is 4.79 Å². The maximum atomic E-state index is 13.7. The number of hydrogen-bond acceptors (Lipinski definition) is 2. The van der Waals surface area contributed by atoms with E-state index < -0.39 is 0 Å². The highest BCUT2D eigenvalue weighted by Crippen LogP contribution is 2.66. The van der Waals surface area contributed by atoms with Crippen LogP contribution in [0.1, 0.15) is 92.4 Å². The number of allylic oxidation sites excluding steroid dienone is 3. The first kappa shape index (κ1) is 21.3. The SMILES string of the molecule is CC(C)=CCC[C@@H](C)[C@H]1CC[C@H]2[C@@H]3CC=C4C[C@@H](O)CC[C@]4(C)[C@H]3C(=O)C[C@]12C. The standard InChI is InChI=1S/C27H42O2/c1-17(2)7-6-8-18(3)22-11-12-23-21-10-9-19-15-20(28)13-14-26(19,4)25(21)24(29)16-27(22,23)5/h7,9,18,20-23,25,28H,6,8,10-16H2,1-5H3/t18-,20+,21+,22-,23+,25-,26+,27-/m1/s1. The minimum atomic E-state index is -0.202. The van der Waals surface area contributed by atoms with E-state index in [0.29, 0.717) is 29.5 Å². The molecule has 1 N–H and O–H groups in total. The van der Waals surface area contributed by atoms with Gasteiger partial charge in [-0.2, -0.15) is 0 Å². The van der Waals surface area contributed by atoms with Crippen LogP contribution in [0.5, 0.6) is 0 Å². The summed E-state index contributed by atoms with van der Waals surface area (Å²) in [4.78, 5) is 13.7. The number of hydrogen-bond donors (Lipinski definition) is 1. The second kappa shape index (κ2) is 7.66. The van der Waals surface area contributed by atoms with E-state index in [1.165, 1.54) is 36.8 Å². The van der Waals surface area contributed by atoms with E-state index in [4.69, 9.17) is 0 Å². The van der Waals surface area contributed by atoms with Gasteiger partial charge in [0, 0.05) is 12.3 Å². The van der Waals surface area contributed by atoms with Crippen LogP contribution in [-0.4, -0.2) is 17.0 Å². The maximum Gasteiger partial charge on any atom is 0.137 e. The molecule has 0 aromatic rings. The van der Waals surface area contributed by atoms with Crippen LogP contribution in [0.4, 0.5) is 0 Å². The van der Waals surface area contributed by atoms with Crippen molar-refractivity contribution in [2.75, 3.05) is 0 Å². The van der Waals surface area contributed by atoms with Crippen LogP contribution in [0.15, 0.2) is 23.3 Å². The first-order valence-electron chi connectivity index (χ1n) is 12.2. The fraction of sp³-hybridized carbons (Fsp3) is 0.815. The zero-order valence-electron chi connectivity index (χ0n) is 19.3. The summed E-state index contributed by atoms with van der Waals surface area (Å²) in [6, 6.07) is 0. The summed E-state index contributed by atoms with van der Waals surface area (Å²) in [6.45, 7) is 11.6. The number of carbonyl (C=O) groups is 1. The molecule has 0 radical (unpaired) electrons. The van der Waals surface area contributed by atoms with Gasteiger partial charge >= 0.3 is 0 Å². The van der Waals surface area contributed by atoms with Crippen molar-refractivity contribution in [2.45, 2.75) is 98.5 Å². The molecule has 0 heterocycles. The first-order valence-corrected chi connectivity index (χ1v) is 12.2. The lowest BCUT2D eigenvalue weighted by molar-refractivity contribution is -0.145. The molecule has 2 nitrogen and oxygen atoms in total. The maximum absolute atomic E-state index is 13.7. The number of aliphatic hydroxyl groups excluding tert-OH is 1. The number of aliphatic hydroxyl groups is 1. The molecule has 0 bridgehead atoms. The summed E-state index contributed by atoms with van der Waals surface area (Å²) < 4.78 is 0. The molecule has 4 aliphatic carbocycles. The molecule has 0 aliphatic heterocycles. The molecule has 0 amide bonds. The zero-order valence-corrected chi connectivity index (χ0v) is 19.3. The third-order valence-corrected chi connectivity index (χ3v) is 9.70. The minimum Gasteiger partial charge on any atom is -0.393 e. The van der Waals surface area contributed by atoms with Crippen molar-refractivity contribution in [1.82, 2.24) is 0 Å². The van der Waals surface area contributed by atoms with Gasteiger partial charge in [0.2, 0.25) is 0 Å². The molecule has 0 aromatic heterocycles. The number of fused-ring (bicyclic) bond motifs is 5. The summed E-state index contributed by atoms with van der Waals surface area (Å²) >= 11 is 0. The Balaban J connectivity index is 1.57. The largest absolute Gasteiger partial charge is 0.393 e. The van der Waals surface area contributed by atoms with Crippen molar-refractivity contribution < 1.29 is 9.90 Å². The van der Waals surface area contributed by atoms with Gasteiger partial charge in [-0.1, -0.05) is 44.1 Å². The van der Waals surface area contributed by atoms with Crippen LogP contribution < -0.4 is 0 Å². The third kappa shape index (κ3) is 3.48. The normalized spacial score (nSPS) is 45.0. The molecule has 0 aromatic carbocycles. The van der Waals surface area contributed by atoms with Crippen LogP contribution in [0.2, 0.25) is 0 Å². The van der Waals surface area contributed by atoms with Gasteiger partial charge in [-0.05, 0) is 99.7 Å². The Labute approximate surface area is 178 Å². The van der Waals surface area contributed by atoms with Gasteiger partial charge in [0.1, 0.15) is 5.78 Å². The summed E-state index contributed by atoms with van der Waals surface area (Å²) in [5, 5.41) is 10.2. The fourth-order valence-electron chi connectivity index (χ4n) is 8.28. The molecule has 4 rings (SSSR count). The molecule has 0 unspecified atom stereocenters. The minimum absolute atomic E-state index is 0.00765. The second-order valence-corrected chi connectivity index (χ2v) is 11.7. The Kier molecular flexibility index (Phi) is 5.64. The lowest BCUT2D eigenvalue weighted by Crippen LogP contribution is -2.55. The Hall–Kier alpha value is -0.890. The van der Waals surface area contributed by atoms with Crippen LogP contribution in [0.3, 0.4) is 0 Å². The molecular weight excluding hydrogens is 356 g/mol. The van der Waals surface area contributed by atoms with Gasteiger partial charge in [0.05, 0.1) is 6.10 Å². The Morgan fingerprint density at radius 3 is 2.76 bits per heavy atom. The summed E-state index contributed by atoms with van der Waals surface area (Å²) in [5.74, 6) is 3.35. The molecule has 0 spiro atoms. The van der Waals surface area contributed by atoms with Crippen LogP contribution in [-0.2, 0) is 4.79 Å². The van der Waals surface area contributed by atoms with E-state index in [9.17, 15) is 9.90 Å². The van der Waals surface area contributed by atoms with Gasteiger partial charge in [0.15, 0.2) is 0 Å². The molecule has 8 atom stereocenters. The van der Waals surface area contributed by atoms with Gasteiger partial charge in [-0.25, -0.2) is 0 Å². The van der Waals surface area contributed by atoms with Crippen molar-refractivity contribution in [1.29, 1.82) is 0 Å². The highest BCUT2D eigenvalue weighted by Gasteiger charge is 2.62. The van der Waals surface area contributed by atoms with Crippen molar-refractivity contribution >= 4 is 5.78 Å². The van der Waals surface area contributed by atoms with Gasteiger partial charge in [0.25, 0.3) is 0 Å². The van der Waals surface area contributed by atoms with Crippen LogP contribution >= 0.6 is 0 Å². The zero-order chi connectivity index (χ0) is 21.0. The van der Waals surface area contributed by atoms with E-state index in [2.05, 4.69) is 46.8 Å². The average Bonchev–Trinajstić information content (AvgIpc) is 2.98. The van der Waals surface area contributed by atoms with Gasteiger partial charge in [-0.15, -0.1) is 0 Å². The van der Waals surface area contributed by atoms with Crippen LogP contribution in [0, 0.1) is 40.4 Å². The van der Waals surface area contributed by atoms with Crippen molar-refractivity contribution in [3.05, 3.63) is 23.3 Å². The summed E-state index contributed by atoms with van der Waals surface area (Å²) in [5.41, 5.74) is 3.00. The van der Waals surface area contributed by atoms with Crippen molar-refractivity contribution in [3.63, 3.8) is 0 Å². The molecule has 0 saturated heterocycles. The predicted molar refractivity (Wildman–Crippen MR) is 119 cm³/mol. The molecule has 162 valence electrons. The highest BCUT2D eigenvalue weighted by molar-refractivity contribution is 5.85. The lowest BCUT2D eigenvalue weighted by Gasteiger charge is -2.57. The molecule has 4 aliphatic rings. The van der Waals surface area contributed by atoms with E-state index in [-0.39, 0.29) is 22.9 Å². The van der Waals surface area contributed by atoms with Crippen molar-refractivity contribution in [3.8, 4) is 0 Å². The molecular formula is C27H42O2. The summed E-state index contributed by atoms with van der Waals surface area (Å²) in [6.07, 6.45) is 14.1. The third-order valence-electron chi connectivity index (χ3n) is 9.70. The molecule has 29 heavy (non-hydrogen) atoms. The second-order valence-electron chi connectivity index (χ2n) is 11.7. The van der Waals surface area contributed by atoms with Crippen LogP contribution in [0.25, 0.3) is 0 Å². The molecule has 2 heteroatoms. The van der Waals surface area contributed by atoms with Gasteiger partial charge < -0.3 is 5.11 Å². The average molecular weight is 399 g/mol. The Morgan fingerprint density at radius 1 is 1.28 bits per heavy atom. The summed E-state index contributed by atoms with van der Waals surface area (Å²) in [7, 11) is 0. The quantitative estimate of drug-likeness (QED) is 0.550. The first-order chi connectivity index (χ1) is 13.7. The number of Topliss-reactive ketones (excluding diaryl/α,β-unsaturated/α-hetero) is 1. The molecule has 3 fully saturated rings. The number of ketones is 1. The van der Waals surface area contributed by atoms with E-state index in [0.717, 1.165) is 32.1 Å². The highest BCUT2D eigenvalue weighted by atomic mass is 16.3. The number of rotatable bonds is 4. The van der Waals surface area contributed by atoms with E-state index >= 15 is 0 Å². The lowest BCUT2D eigenvalue weighted by atomic mass is 9.46. The monoisotopic (exact) mass is 398 g/mol. The fourth-order valence-corrected chi connectivity index (χ4v) is 8.28. The Morgan fingerprint density at radius 2 is 2.03 bits per heavy atom. The van der Waals surface area contributed by atoms with E-state index in [1.807, 2.05) is 0 Å². The molecule has 3 saturated carbocycles. The topological polar surface area (TPSA) is 37.3 Å².